The van der Waals surface area contributed by atoms with Crippen LogP contribution in [0.5, 0.6) is 0 Å². The number of rotatable bonds is 6. The molecular weight excluding hydrogens is 309 g/mol. The van der Waals surface area contributed by atoms with Crippen LogP contribution in [-0.2, 0) is 4.74 Å². The minimum Gasteiger partial charge on any atom is -0.442 e. The number of nitrogens with zero attached hydrogens (tertiary/aromatic N) is 3. The Morgan fingerprint density at radius 3 is 3.14 bits per heavy atom. The van der Waals surface area contributed by atoms with Gasteiger partial charge in [-0.25, -0.2) is 14.2 Å². The Hall–Kier alpha value is -2.48. The van der Waals surface area contributed by atoms with Crippen molar-refractivity contribution in [3.05, 3.63) is 24.0 Å². The number of hydrogen-bond donors (Lipinski definition) is 2. The summed E-state index contributed by atoms with van der Waals surface area (Å²) < 4.78 is 19.1. The molecule has 0 aromatic heterocycles. The average molecular weight is 322 g/mol. The molecule has 0 spiro atoms. The number of aliphatic imine (C=N–C) groups is 2. The van der Waals surface area contributed by atoms with Gasteiger partial charge in [-0.1, -0.05) is 0 Å². The van der Waals surface area contributed by atoms with Gasteiger partial charge in [0, 0.05) is 12.1 Å². The normalized spacial score (nSPS) is 17.4. The zero-order valence-corrected chi connectivity index (χ0v) is 12.2. The zero-order chi connectivity index (χ0) is 15.9. The number of benzene rings is 1. The molecule has 2 rings (SSSR count). The standard InChI is InChI=1S/C13H12FN5O2S/c14-11-3-9(1-2-12(11)18-7-17-6-15)19-5-10(4-16-8-22)21-13(19)20/h1-3,6-7,10H,4-5H2,(H2,15,17,18)/p+1. The van der Waals surface area contributed by atoms with E-state index < -0.39 is 18.0 Å². The molecule has 1 aromatic rings. The van der Waals surface area contributed by atoms with Crippen LogP contribution in [0.25, 0.3) is 0 Å². The van der Waals surface area contributed by atoms with Crippen LogP contribution in [0.1, 0.15) is 0 Å². The maximum Gasteiger partial charge on any atom is 0.414 e. The van der Waals surface area contributed by atoms with Gasteiger partial charge in [0.05, 0.1) is 23.9 Å². The molecule has 1 amide bonds. The lowest BCUT2D eigenvalue weighted by Gasteiger charge is -2.13. The van der Waals surface area contributed by atoms with Crippen molar-refractivity contribution in [1.29, 1.82) is 5.41 Å². The molecule has 7 nitrogen and oxygen atoms in total. The molecule has 1 aliphatic heterocycles. The number of ether oxygens (including phenoxy) is 1. The smallest absolute Gasteiger partial charge is 0.414 e. The fraction of sp³-hybridized carbons (Fsp3) is 0.231. The quantitative estimate of drug-likeness (QED) is 0.355. The van der Waals surface area contributed by atoms with Crippen LogP contribution in [0.3, 0.4) is 0 Å². The summed E-state index contributed by atoms with van der Waals surface area (Å²) in [6.07, 6.45) is 1.20. The molecule has 9 heteroatoms. The molecule has 1 aromatic carbocycles. The average Bonchev–Trinajstić information content (AvgIpc) is 2.88. The summed E-state index contributed by atoms with van der Waals surface area (Å²) >= 11 is 4.47. The predicted octanol–water partition coefficient (Wildman–Crippen LogP) is 1.08. The first-order valence-corrected chi connectivity index (χ1v) is 6.73. The highest BCUT2D eigenvalue weighted by Crippen LogP contribution is 2.24. The van der Waals surface area contributed by atoms with Gasteiger partial charge in [0.1, 0.15) is 12.4 Å². The van der Waals surface area contributed by atoms with Crippen LogP contribution in [0.15, 0.2) is 28.2 Å². The molecule has 0 bridgehead atoms. The van der Waals surface area contributed by atoms with Crippen molar-refractivity contribution in [2.45, 2.75) is 6.10 Å². The number of anilines is 1. The fourth-order valence-electron chi connectivity index (χ4n) is 1.95. The third-order valence-electron chi connectivity index (χ3n) is 2.94. The van der Waals surface area contributed by atoms with Crippen LogP contribution >= 0.6 is 12.2 Å². The van der Waals surface area contributed by atoms with Crippen molar-refractivity contribution in [3.8, 4) is 0 Å². The molecule has 1 saturated heterocycles. The van der Waals surface area contributed by atoms with Crippen LogP contribution < -0.4 is 10.2 Å². The summed E-state index contributed by atoms with van der Waals surface area (Å²) in [6.45, 7) is 0.511. The first-order valence-electron chi connectivity index (χ1n) is 6.32. The summed E-state index contributed by atoms with van der Waals surface area (Å²) in [5.41, 5.74) is 0.709. The van der Waals surface area contributed by atoms with Gasteiger partial charge in [-0.05, 0) is 18.3 Å². The third-order valence-corrected chi connectivity index (χ3v) is 3.07. The molecule has 1 heterocycles. The molecule has 1 atom stereocenters. The van der Waals surface area contributed by atoms with Gasteiger partial charge in [-0.2, -0.15) is 4.99 Å². The summed E-state index contributed by atoms with van der Waals surface area (Å²) in [4.78, 5) is 20.4. The molecule has 0 saturated carbocycles. The maximum absolute atomic E-state index is 14.0. The van der Waals surface area contributed by atoms with E-state index in [4.69, 9.17) is 10.1 Å². The fourth-order valence-corrected chi connectivity index (χ4v) is 2.03. The van der Waals surface area contributed by atoms with E-state index >= 15 is 0 Å². The highest BCUT2D eigenvalue weighted by Gasteiger charge is 2.32. The maximum atomic E-state index is 14.0. The summed E-state index contributed by atoms with van der Waals surface area (Å²) in [5, 5.41) is 10.4. The number of carbonyl (C=O) groups excluding carboxylic acids is 1. The second-order valence-electron chi connectivity index (χ2n) is 4.35. The highest BCUT2D eigenvalue weighted by molar-refractivity contribution is 7.78. The van der Waals surface area contributed by atoms with Crippen LogP contribution in [0, 0.1) is 11.2 Å². The van der Waals surface area contributed by atoms with E-state index in [1.165, 1.54) is 28.7 Å². The van der Waals surface area contributed by atoms with E-state index in [-0.39, 0.29) is 13.1 Å². The molecule has 22 heavy (non-hydrogen) atoms. The van der Waals surface area contributed by atoms with Crippen molar-refractivity contribution in [2.24, 2.45) is 9.98 Å². The van der Waals surface area contributed by atoms with Crippen molar-refractivity contribution in [3.63, 3.8) is 0 Å². The van der Waals surface area contributed by atoms with E-state index in [1.54, 1.807) is 6.07 Å². The number of halogens is 1. The SMILES string of the molecule is N=CN=C[NH2+]c1ccc(N2CC(CN=C=S)OC2=O)cc1F. The van der Waals surface area contributed by atoms with Gasteiger partial charge in [-0.15, -0.1) is 0 Å². The Bertz CT molecular complexity index is 660. The third kappa shape index (κ3) is 3.79. The molecule has 3 N–H and O–H groups in total. The summed E-state index contributed by atoms with van der Waals surface area (Å²) in [5.74, 6) is -0.498. The molecule has 114 valence electrons. The van der Waals surface area contributed by atoms with Crippen molar-refractivity contribution in [2.75, 3.05) is 18.0 Å². The van der Waals surface area contributed by atoms with Crippen molar-refractivity contribution < 1.29 is 19.2 Å². The van der Waals surface area contributed by atoms with Gasteiger partial charge < -0.3 is 4.74 Å². The number of amides is 1. The lowest BCUT2D eigenvalue weighted by Crippen LogP contribution is -2.76. The van der Waals surface area contributed by atoms with Crippen LogP contribution in [-0.4, -0.2) is 43.1 Å². The molecule has 0 aliphatic carbocycles. The highest BCUT2D eigenvalue weighted by atomic mass is 32.1. The van der Waals surface area contributed by atoms with Gasteiger partial charge in [0.25, 0.3) is 0 Å². The number of hydrogen-bond acceptors (Lipinski definition) is 5. The molecule has 0 radical (unpaired) electrons. The van der Waals surface area contributed by atoms with E-state index in [1.807, 2.05) is 0 Å². The number of cyclic esters (lactones) is 1. The van der Waals surface area contributed by atoms with Crippen LogP contribution in [0.4, 0.5) is 20.6 Å². The molecule has 1 fully saturated rings. The number of nitrogens with two attached hydrogens (primary N) is 1. The van der Waals surface area contributed by atoms with Crippen molar-refractivity contribution in [1.82, 2.24) is 0 Å². The minimum absolute atomic E-state index is 0.236. The number of carbonyl (C=O) groups is 1. The Morgan fingerprint density at radius 2 is 2.45 bits per heavy atom. The molecule has 1 aliphatic rings. The lowest BCUT2D eigenvalue weighted by atomic mass is 10.2. The second kappa shape index (κ2) is 7.51. The predicted molar refractivity (Wildman–Crippen MR) is 82.8 cm³/mol. The number of isothiocyanates is 1. The van der Waals surface area contributed by atoms with E-state index in [0.717, 1.165) is 6.34 Å². The lowest BCUT2D eigenvalue weighted by molar-refractivity contribution is -0.435. The number of quaternary nitrogens is 1. The van der Waals surface area contributed by atoms with Crippen LogP contribution in [0.2, 0.25) is 0 Å². The monoisotopic (exact) mass is 322 g/mol. The van der Waals surface area contributed by atoms with Gasteiger partial charge in [0.15, 0.2) is 17.8 Å². The Labute approximate surface area is 131 Å². The first-order chi connectivity index (χ1) is 10.7. The van der Waals surface area contributed by atoms with E-state index in [9.17, 15) is 9.18 Å². The van der Waals surface area contributed by atoms with Gasteiger partial charge in [-0.3, -0.25) is 15.6 Å². The molecular formula is C13H13FN5O2S+. The number of nitrogens with one attached hydrogen (secondary N) is 1. The summed E-state index contributed by atoms with van der Waals surface area (Å²) in [6, 6.07) is 4.38. The van der Waals surface area contributed by atoms with Gasteiger partial charge >= 0.3 is 6.09 Å². The van der Waals surface area contributed by atoms with Crippen molar-refractivity contribution >= 4 is 47.5 Å². The minimum atomic E-state index is -0.550. The Morgan fingerprint density at radius 1 is 1.64 bits per heavy atom. The number of thiocarbonyl (C=S) groups is 1. The zero-order valence-electron chi connectivity index (χ0n) is 11.4. The topological polar surface area (TPSA) is 94.7 Å². The van der Waals surface area contributed by atoms with E-state index in [2.05, 4.69) is 27.4 Å². The second-order valence-corrected chi connectivity index (χ2v) is 4.53. The van der Waals surface area contributed by atoms with Gasteiger partial charge in [0.2, 0.25) is 0 Å². The Balaban J connectivity index is 2.11. The Kier molecular flexibility index (Phi) is 5.42. The largest absolute Gasteiger partial charge is 0.442 e. The molecule has 1 unspecified atom stereocenters. The first kappa shape index (κ1) is 15.9. The van der Waals surface area contributed by atoms with E-state index in [0.29, 0.717) is 11.4 Å². The summed E-state index contributed by atoms with van der Waals surface area (Å²) in [7, 11) is 0.